The first kappa shape index (κ1) is 16.7. The number of rotatable bonds is 4. The summed E-state index contributed by atoms with van der Waals surface area (Å²) in [6.45, 7) is 4.64. The molecule has 3 nitrogen and oxygen atoms in total. The van der Waals surface area contributed by atoms with Crippen LogP contribution in [0.1, 0.15) is 17.4 Å². The fraction of sp³-hybridized carbons (Fsp3) is 0.130. The Morgan fingerprint density at radius 3 is 2.12 bits per heavy atom. The van der Waals surface area contributed by atoms with Gasteiger partial charge in [0.25, 0.3) is 0 Å². The lowest BCUT2D eigenvalue weighted by molar-refractivity contribution is -0.435. The molecule has 3 aromatic rings. The fourth-order valence-corrected chi connectivity index (χ4v) is 3.07. The molecule has 0 aromatic heterocycles. The van der Waals surface area contributed by atoms with E-state index in [0.717, 1.165) is 27.8 Å². The smallest absolute Gasteiger partial charge is 0.217 e. The SMILES string of the molecule is C=C(c1ccccc1-c1ccccc1)C1COC(c2ccccc2)OO1. The van der Waals surface area contributed by atoms with Gasteiger partial charge in [-0.25, -0.2) is 4.89 Å². The molecule has 1 aliphatic heterocycles. The van der Waals surface area contributed by atoms with E-state index in [1.54, 1.807) is 0 Å². The maximum absolute atomic E-state index is 5.86. The Labute approximate surface area is 153 Å². The Bertz CT molecular complexity index is 866. The minimum absolute atomic E-state index is 0.347. The minimum Gasteiger partial charge on any atom is -0.343 e. The van der Waals surface area contributed by atoms with Gasteiger partial charge in [-0.3, -0.25) is 0 Å². The molecule has 3 aromatic carbocycles. The quantitative estimate of drug-likeness (QED) is 0.592. The van der Waals surface area contributed by atoms with Crippen molar-refractivity contribution in [2.75, 3.05) is 6.61 Å². The molecule has 0 bridgehead atoms. The zero-order valence-electron chi connectivity index (χ0n) is 14.4. The van der Waals surface area contributed by atoms with Crippen molar-refractivity contribution in [2.24, 2.45) is 0 Å². The van der Waals surface area contributed by atoms with Gasteiger partial charge in [0.15, 0.2) is 0 Å². The first-order chi connectivity index (χ1) is 12.8. The van der Waals surface area contributed by atoms with Crippen molar-refractivity contribution >= 4 is 5.57 Å². The van der Waals surface area contributed by atoms with Crippen LogP contribution in [0.2, 0.25) is 0 Å². The molecular formula is C23H20O3. The van der Waals surface area contributed by atoms with Crippen LogP contribution in [0.15, 0.2) is 91.5 Å². The summed E-state index contributed by atoms with van der Waals surface area (Å²) in [6, 6.07) is 28.2. The molecule has 3 heteroatoms. The van der Waals surface area contributed by atoms with Crippen molar-refractivity contribution in [3.05, 3.63) is 103 Å². The third-order valence-corrected chi connectivity index (χ3v) is 4.48. The van der Waals surface area contributed by atoms with Gasteiger partial charge in [0.1, 0.15) is 6.10 Å². The fourth-order valence-electron chi connectivity index (χ4n) is 3.07. The highest BCUT2D eigenvalue weighted by atomic mass is 17.2. The van der Waals surface area contributed by atoms with E-state index in [-0.39, 0.29) is 6.10 Å². The zero-order valence-corrected chi connectivity index (χ0v) is 14.4. The Morgan fingerprint density at radius 2 is 1.42 bits per heavy atom. The molecule has 1 saturated heterocycles. The van der Waals surface area contributed by atoms with Gasteiger partial charge < -0.3 is 4.74 Å². The number of benzene rings is 3. The van der Waals surface area contributed by atoms with Crippen molar-refractivity contribution in [3.63, 3.8) is 0 Å². The summed E-state index contributed by atoms with van der Waals surface area (Å²) in [7, 11) is 0. The van der Waals surface area contributed by atoms with E-state index in [9.17, 15) is 0 Å². The molecule has 0 spiro atoms. The number of hydrogen-bond donors (Lipinski definition) is 0. The van der Waals surface area contributed by atoms with Crippen LogP contribution in [0.5, 0.6) is 0 Å². The molecule has 0 radical (unpaired) electrons. The van der Waals surface area contributed by atoms with E-state index >= 15 is 0 Å². The van der Waals surface area contributed by atoms with Gasteiger partial charge in [0.05, 0.1) is 6.61 Å². The molecule has 4 rings (SSSR count). The second-order valence-electron chi connectivity index (χ2n) is 6.19. The summed E-state index contributed by atoms with van der Waals surface area (Å²) in [4.78, 5) is 11.1. The molecular weight excluding hydrogens is 324 g/mol. The Hall–Kier alpha value is -2.72. The normalized spacial score (nSPS) is 19.8. The summed E-state index contributed by atoms with van der Waals surface area (Å²) in [5.41, 5.74) is 5.07. The maximum atomic E-state index is 5.86. The standard InChI is InChI=1S/C23H20O3/c1-17(20-14-8-9-15-21(20)18-10-4-2-5-11-18)22-16-24-23(26-25-22)19-12-6-3-7-13-19/h2-15,22-23H,1,16H2. The van der Waals surface area contributed by atoms with Gasteiger partial charge in [0, 0.05) is 5.56 Å². The van der Waals surface area contributed by atoms with Crippen LogP contribution in [0, 0.1) is 0 Å². The van der Waals surface area contributed by atoms with Crippen LogP contribution in [-0.4, -0.2) is 12.7 Å². The van der Waals surface area contributed by atoms with Crippen molar-refractivity contribution < 1.29 is 14.5 Å². The average Bonchev–Trinajstić information content (AvgIpc) is 2.75. The lowest BCUT2D eigenvalue weighted by Gasteiger charge is -2.30. The molecule has 0 amide bonds. The van der Waals surface area contributed by atoms with Crippen LogP contribution in [0.4, 0.5) is 0 Å². The third kappa shape index (κ3) is 3.46. The zero-order chi connectivity index (χ0) is 17.8. The first-order valence-electron chi connectivity index (χ1n) is 8.65. The lowest BCUT2D eigenvalue weighted by Crippen LogP contribution is -2.30. The monoisotopic (exact) mass is 344 g/mol. The average molecular weight is 344 g/mol. The molecule has 0 saturated carbocycles. The predicted molar refractivity (Wildman–Crippen MR) is 102 cm³/mol. The van der Waals surface area contributed by atoms with E-state index in [4.69, 9.17) is 14.5 Å². The van der Waals surface area contributed by atoms with Crippen LogP contribution in [-0.2, 0) is 14.5 Å². The van der Waals surface area contributed by atoms with Crippen LogP contribution in [0.25, 0.3) is 16.7 Å². The Balaban J connectivity index is 1.51. The lowest BCUT2D eigenvalue weighted by atomic mass is 9.93. The molecule has 1 fully saturated rings. The highest BCUT2D eigenvalue weighted by Gasteiger charge is 2.28. The maximum Gasteiger partial charge on any atom is 0.217 e. The van der Waals surface area contributed by atoms with E-state index in [2.05, 4.69) is 30.8 Å². The van der Waals surface area contributed by atoms with Gasteiger partial charge in [-0.15, -0.1) is 0 Å². The number of ether oxygens (including phenoxy) is 1. The van der Waals surface area contributed by atoms with E-state index < -0.39 is 6.29 Å². The highest BCUT2D eigenvalue weighted by Crippen LogP contribution is 2.34. The molecule has 2 unspecified atom stereocenters. The molecule has 1 heterocycles. The van der Waals surface area contributed by atoms with E-state index in [1.807, 2.05) is 60.7 Å². The summed E-state index contributed by atoms with van der Waals surface area (Å²) >= 11 is 0. The minimum atomic E-state index is -0.510. The highest BCUT2D eigenvalue weighted by molar-refractivity contribution is 5.82. The topological polar surface area (TPSA) is 27.7 Å². The van der Waals surface area contributed by atoms with Crippen LogP contribution < -0.4 is 0 Å². The van der Waals surface area contributed by atoms with E-state index in [0.29, 0.717) is 6.61 Å². The summed E-state index contributed by atoms with van der Waals surface area (Å²) < 4.78 is 5.86. The summed E-state index contributed by atoms with van der Waals surface area (Å²) in [5.74, 6) is 0. The Kier molecular flexibility index (Phi) is 4.93. The van der Waals surface area contributed by atoms with Gasteiger partial charge in [0.2, 0.25) is 6.29 Å². The van der Waals surface area contributed by atoms with Gasteiger partial charge in [-0.2, -0.15) is 4.89 Å². The first-order valence-corrected chi connectivity index (χ1v) is 8.65. The molecule has 2 atom stereocenters. The molecule has 0 N–H and O–H groups in total. The van der Waals surface area contributed by atoms with Gasteiger partial charge in [-0.05, 0) is 22.3 Å². The molecule has 0 aliphatic carbocycles. The third-order valence-electron chi connectivity index (χ3n) is 4.48. The van der Waals surface area contributed by atoms with Gasteiger partial charge in [-0.1, -0.05) is 91.5 Å². The van der Waals surface area contributed by atoms with Crippen molar-refractivity contribution in [1.82, 2.24) is 0 Å². The second-order valence-corrected chi connectivity index (χ2v) is 6.19. The predicted octanol–water partition coefficient (Wildman–Crippen LogP) is 5.41. The van der Waals surface area contributed by atoms with Crippen LogP contribution >= 0.6 is 0 Å². The molecule has 1 aliphatic rings. The van der Waals surface area contributed by atoms with Crippen LogP contribution in [0.3, 0.4) is 0 Å². The molecule has 130 valence electrons. The van der Waals surface area contributed by atoms with Crippen molar-refractivity contribution in [2.45, 2.75) is 12.4 Å². The van der Waals surface area contributed by atoms with E-state index in [1.165, 1.54) is 0 Å². The second kappa shape index (κ2) is 7.67. The Morgan fingerprint density at radius 1 is 0.769 bits per heavy atom. The molecule has 26 heavy (non-hydrogen) atoms. The van der Waals surface area contributed by atoms with Gasteiger partial charge >= 0.3 is 0 Å². The van der Waals surface area contributed by atoms with Crippen molar-refractivity contribution in [1.29, 1.82) is 0 Å². The summed E-state index contributed by atoms with van der Waals surface area (Å²) in [6.07, 6.45) is -0.857. The number of hydrogen-bond acceptors (Lipinski definition) is 3. The van der Waals surface area contributed by atoms with Crippen molar-refractivity contribution in [3.8, 4) is 11.1 Å². The largest absolute Gasteiger partial charge is 0.343 e. The summed E-state index contributed by atoms with van der Waals surface area (Å²) in [5, 5.41) is 0.